The van der Waals surface area contributed by atoms with Crippen LogP contribution in [0, 0.1) is 5.92 Å². The molecule has 2 N–H and O–H groups in total. The van der Waals surface area contributed by atoms with Gasteiger partial charge in [-0.1, -0.05) is 20.3 Å². The first-order valence-corrected chi connectivity index (χ1v) is 7.18. The SMILES string of the molecule is CCCn1cc(C(O)C2CC(CC)CCN2)cn1. The smallest absolute Gasteiger partial charge is 0.0973 e. The van der Waals surface area contributed by atoms with Crippen LogP contribution in [-0.2, 0) is 6.54 Å². The minimum Gasteiger partial charge on any atom is -0.387 e. The summed E-state index contributed by atoms with van der Waals surface area (Å²) in [6, 6.07) is 0.183. The fraction of sp³-hybridized carbons (Fsp3) is 0.786. The number of aliphatic hydroxyl groups excluding tert-OH is 1. The van der Waals surface area contributed by atoms with Crippen molar-refractivity contribution in [2.24, 2.45) is 5.92 Å². The molecule has 3 atom stereocenters. The Kier molecular flexibility index (Phi) is 4.78. The van der Waals surface area contributed by atoms with E-state index in [1.54, 1.807) is 6.20 Å². The number of aromatic nitrogens is 2. The normalized spacial score (nSPS) is 26.2. The maximum atomic E-state index is 10.4. The molecule has 102 valence electrons. The van der Waals surface area contributed by atoms with Gasteiger partial charge in [-0.25, -0.2) is 0 Å². The third-order valence-corrected chi connectivity index (χ3v) is 3.95. The van der Waals surface area contributed by atoms with Crippen molar-refractivity contribution in [3.05, 3.63) is 18.0 Å². The highest BCUT2D eigenvalue weighted by Gasteiger charge is 2.27. The average Bonchev–Trinajstić information content (AvgIpc) is 2.87. The fourth-order valence-electron chi connectivity index (χ4n) is 2.76. The van der Waals surface area contributed by atoms with Crippen molar-refractivity contribution < 1.29 is 5.11 Å². The largest absolute Gasteiger partial charge is 0.387 e. The van der Waals surface area contributed by atoms with Crippen LogP contribution in [0.2, 0.25) is 0 Å². The minimum absolute atomic E-state index is 0.183. The first-order valence-electron chi connectivity index (χ1n) is 7.18. The second-order valence-electron chi connectivity index (χ2n) is 5.34. The number of nitrogens with zero attached hydrogens (tertiary/aromatic N) is 2. The van der Waals surface area contributed by atoms with Crippen LogP contribution in [0.4, 0.5) is 0 Å². The molecule has 0 aromatic carbocycles. The molecular formula is C14H25N3O. The van der Waals surface area contributed by atoms with E-state index in [9.17, 15) is 5.11 Å². The van der Waals surface area contributed by atoms with Gasteiger partial charge in [-0.15, -0.1) is 0 Å². The van der Waals surface area contributed by atoms with E-state index in [4.69, 9.17) is 0 Å². The lowest BCUT2D eigenvalue weighted by molar-refractivity contribution is 0.0978. The Balaban J connectivity index is 1.98. The van der Waals surface area contributed by atoms with Crippen molar-refractivity contribution in [1.29, 1.82) is 0 Å². The first kappa shape index (κ1) is 13.6. The Bertz CT molecular complexity index is 364. The summed E-state index contributed by atoms with van der Waals surface area (Å²) in [5.74, 6) is 0.747. The first-order chi connectivity index (χ1) is 8.74. The molecule has 0 spiro atoms. The highest BCUT2D eigenvalue weighted by molar-refractivity contribution is 5.11. The summed E-state index contributed by atoms with van der Waals surface area (Å²) in [5.41, 5.74) is 0.942. The molecular weight excluding hydrogens is 226 g/mol. The predicted octanol–water partition coefficient (Wildman–Crippen LogP) is 2.10. The van der Waals surface area contributed by atoms with Gasteiger partial charge in [0.25, 0.3) is 0 Å². The summed E-state index contributed by atoms with van der Waals surface area (Å²) in [7, 11) is 0. The van der Waals surface area contributed by atoms with Gasteiger partial charge in [-0.3, -0.25) is 4.68 Å². The van der Waals surface area contributed by atoms with Gasteiger partial charge in [0.1, 0.15) is 0 Å². The van der Waals surface area contributed by atoms with Crippen molar-refractivity contribution >= 4 is 0 Å². The average molecular weight is 251 g/mol. The van der Waals surface area contributed by atoms with Gasteiger partial charge in [0.2, 0.25) is 0 Å². The summed E-state index contributed by atoms with van der Waals surface area (Å²) in [5, 5.41) is 18.2. The highest BCUT2D eigenvalue weighted by Crippen LogP contribution is 2.27. The van der Waals surface area contributed by atoms with Gasteiger partial charge in [0.15, 0.2) is 0 Å². The molecule has 1 aromatic heterocycles. The molecule has 0 radical (unpaired) electrons. The lowest BCUT2D eigenvalue weighted by Crippen LogP contribution is -2.41. The third-order valence-electron chi connectivity index (χ3n) is 3.95. The maximum absolute atomic E-state index is 10.4. The molecule has 0 amide bonds. The van der Waals surface area contributed by atoms with Crippen LogP contribution in [0.1, 0.15) is 51.2 Å². The zero-order valence-corrected chi connectivity index (χ0v) is 11.5. The number of aliphatic hydroxyl groups is 1. The number of piperidine rings is 1. The van der Waals surface area contributed by atoms with Crippen molar-refractivity contribution in [3.8, 4) is 0 Å². The second-order valence-corrected chi connectivity index (χ2v) is 5.34. The molecule has 1 aliphatic heterocycles. The molecule has 3 unspecified atom stereocenters. The Morgan fingerprint density at radius 1 is 1.56 bits per heavy atom. The lowest BCUT2D eigenvalue weighted by atomic mass is 9.87. The number of nitrogens with one attached hydrogen (secondary N) is 1. The van der Waals surface area contributed by atoms with Gasteiger partial charge in [0, 0.05) is 24.3 Å². The summed E-state index contributed by atoms with van der Waals surface area (Å²) >= 11 is 0. The zero-order valence-electron chi connectivity index (χ0n) is 11.5. The van der Waals surface area contributed by atoms with Gasteiger partial charge >= 0.3 is 0 Å². The monoisotopic (exact) mass is 251 g/mol. The summed E-state index contributed by atoms with van der Waals surface area (Å²) in [6.07, 6.45) is 7.93. The second kappa shape index (κ2) is 6.34. The van der Waals surface area contributed by atoms with Crippen LogP contribution in [0.25, 0.3) is 0 Å². The Morgan fingerprint density at radius 3 is 3.11 bits per heavy atom. The Hall–Kier alpha value is -0.870. The topological polar surface area (TPSA) is 50.1 Å². The van der Waals surface area contributed by atoms with Crippen LogP contribution in [0.15, 0.2) is 12.4 Å². The van der Waals surface area contributed by atoms with Crippen molar-refractivity contribution in [3.63, 3.8) is 0 Å². The number of rotatable bonds is 5. The number of aryl methyl sites for hydroxylation is 1. The molecule has 4 nitrogen and oxygen atoms in total. The van der Waals surface area contributed by atoms with Gasteiger partial charge in [0.05, 0.1) is 12.3 Å². The van der Waals surface area contributed by atoms with E-state index in [1.807, 2.05) is 10.9 Å². The standard InChI is InChI=1S/C14H25N3O/c1-3-7-17-10-12(9-16-17)14(18)13-8-11(4-2)5-6-15-13/h9-11,13-15,18H,3-8H2,1-2H3. The Labute approximate surface area is 109 Å². The zero-order chi connectivity index (χ0) is 13.0. The molecule has 1 aromatic rings. The molecule has 0 bridgehead atoms. The van der Waals surface area contributed by atoms with Gasteiger partial charge in [-0.2, -0.15) is 5.10 Å². The number of hydrogen-bond donors (Lipinski definition) is 2. The third kappa shape index (κ3) is 3.12. The molecule has 1 aliphatic rings. The molecule has 2 heterocycles. The van der Waals surface area contributed by atoms with E-state index in [2.05, 4.69) is 24.3 Å². The van der Waals surface area contributed by atoms with Crippen LogP contribution in [-0.4, -0.2) is 27.5 Å². The highest BCUT2D eigenvalue weighted by atomic mass is 16.3. The molecule has 0 aliphatic carbocycles. The molecule has 0 saturated carbocycles. The van der Waals surface area contributed by atoms with Gasteiger partial charge < -0.3 is 10.4 Å². The van der Waals surface area contributed by atoms with Crippen LogP contribution >= 0.6 is 0 Å². The van der Waals surface area contributed by atoms with E-state index in [0.29, 0.717) is 0 Å². The molecule has 1 saturated heterocycles. The van der Waals surface area contributed by atoms with Crippen molar-refractivity contribution in [2.75, 3.05) is 6.54 Å². The summed E-state index contributed by atoms with van der Waals surface area (Å²) in [6.45, 7) is 6.30. The van der Waals surface area contributed by atoms with Gasteiger partial charge in [-0.05, 0) is 31.7 Å². The fourth-order valence-corrected chi connectivity index (χ4v) is 2.76. The lowest BCUT2D eigenvalue weighted by Gasteiger charge is -2.32. The molecule has 2 rings (SSSR count). The van der Waals surface area contributed by atoms with Crippen molar-refractivity contribution in [1.82, 2.24) is 15.1 Å². The summed E-state index contributed by atoms with van der Waals surface area (Å²) < 4.78 is 1.92. The van der Waals surface area contributed by atoms with E-state index in [1.165, 1.54) is 12.8 Å². The van der Waals surface area contributed by atoms with E-state index in [-0.39, 0.29) is 6.04 Å². The molecule has 4 heteroatoms. The molecule has 18 heavy (non-hydrogen) atoms. The maximum Gasteiger partial charge on any atom is 0.0973 e. The predicted molar refractivity (Wildman–Crippen MR) is 72.3 cm³/mol. The number of hydrogen-bond acceptors (Lipinski definition) is 3. The van der Waals surface area contributed by atoms with E-state index >= 15 is 0 Å². The summed E-state index contributed by atoms with van der Waals surface area (Å²) in [4.78, 5) is 0. The molecule has 1 fully saturated rings. The van der Waals surface area contributed by atoms with Crippen molar-refractivity contribution in [2.45, 2.75) is 58.2 Å². The van der Waals surface area contributed by atoms with Crippen LogP contribution in [0.5, 0.6) is 0 Å². The van der Waals surface area contributed by atoms with E-state index in [0.717, 1.165) is 37.4 Å². The minimum atomic E-state index is -0.426. The van der Waals surface area contributed by atoms with Crippen LogP contribution < -0.4 is 5.32 Å². The quantitative estimate of drug-likeness (QED) is 0.842. The van der Waals surface area contributed by atoms with E-state index < -0.39 is 6.10 Å². The van der Waals surface area contributed by atoms with Crippen LogP contribution in [0.3, 0.4) is 0 Å². The Morgan fingerprint density at radius 2 is 2.39 bits per heavy atom.